The zero-order chi connectivity index (χ0) is 14.6. The number of sulfonamides is 1. The van der Waals surface area contributed by atoms with Crippen LogP contribution < -0.4 is 10.5 Å². The third-order valence-corrected chi connectivity index (χ3v) is 4.20. The van der Waals surface area contributed by atoms with Gasteiger partial charge in [-0.1, -0.05) is 18.2 Å². The van der Waals surface area contributed by atoms with E-state index in [0.29, 0.717) is 13.0 Å². The molecule has 0 amide bonds. The maximum atomic E-state index is 12.1. The Morgan fingerprint density at radius 3 is 2.62 bits per heavy atom. The maximum absolute atomic E-state index is 12.1. The Hall–Kier alpha value is -1.41. The summed E-state index contributed by atoms with van der Waals surface area (Å²) in [7, 11) is -3.53. The van der Waals surface area contributed by atoms with E-state index in [9.17, 15) is 8.42 Å². The van der Waals surface area contributed by atoms with Gasteiger partial charge in [0.25, 0.3) is 0 Å². The van der Waals surface area contributed by atoms with Crippen LogP contribution in [-0.4, -0.2) is 30.8 Å². The van der Waals surface area contributed by atoms with Crippen LogP contribution in [0.1, 0.15) is 13.3 Å². The topological polar surface area (TPSA) is 90.0 Å². The molecule has 3 N–H and O–H groups in total. The van der Waals surface area contributed by atoms with Crippen LogP contribution in [-0.2, 0) is 10.0 Å². The normalized spacial score (nSPS) is 12.7. The lowest BCUT2D eigenvalue weighted by atomic mass is 10.3. The molecule has 8 heteroatoms. The minimum atomic E-state index is -3.53. The smallest absolute Gasteiger partial charge is 0.243 e. The third-order valence-electron chi connectivity index (χ3n) is 2.78. The Balaban J connectivity index is 0.00000220. The Morgan fingerprint density at radius 1 is 1.33 bits per heavy atom. The highest BCUT2D eigenvalue weighted by molar-refractivity contribution is 7.89. The molecule has 0 spiro atoms. The molecule has 2 rings (SSSR count). The highest BCUT2D eigenvalue weighted by Crippen LogP contribution is 2.11. The van der Waals surface area contributed by atoms with Gasteiger partial charge in [0.1, 0.15) is 4.90 Å². The number of aromatic nitrogens is 2. The van der Waals surface area contributed by atoms with Crippen molar-refractivity contribution in [3.05, 3.63) is 42.7 Å². The summed E-state index contributed by atoms with van der Waals surface area (Å²) in [5, 5.41) is 4.07. The molecule has 0 fully saturated rings. The van der Waals surface area contributed by atoms with Crippen LogP contribution in [0.15, 0.2) is 47.6 Å². The molecule has 0 aliphatic heterocycles. The van der Waals surface area contributed by atoms with E-state index in [1.165, 1.54) is 17.1 Å². The number of halogens is 1. The summed E-state index contributed by atoms with van der Waals surface area (Å²) >= 11 is 0. The second-order valence-electron chi connectivity index (χ2n) is 4.62. The van der Waals surface area contributed by atoms with Crippen LogP contribution in [0.2, 0.25) is 0 Å². The second kappa shape index (κ2) is 7.56. The Kier molecular flexibility index (Phi) is 6.35. The average molecular weight is 331 g/mol. The van der Waals surface area contributed by atoms with Crippen molar-refractivity contribution in [2.75, 3.05) is 6.54 Å². The highest BCUT2D eigenvalue weighted by atomic mass is 35.5. The second-order valence-corrected chi connectivity index (χ2v) is 6.39. The van der Waals surface area contributed by atoms with Gasteiger partial charge in [0, 0.05) is 12.6 Å². The van der Waals surface area contributed by atoms with Crippen molar-refractivity contribution in [1.82, 2.24) is 14.5 Å². The van der Waals surface area contributed by atoms with Gasteiger partial charge in [-0.3, -0.25) is 0 Å². The molecule has 0 saturated heterocycles. The fourth-order valence-electron chi connectivity index (χ4n) is 1.67. The molecular weight excluding hydrogens is 312 g/mol. The predicted octanol–water partition coefficient (Wildman–Crippen LogP) is 1.31. The number of nitrogens with zero attached hydrogens (tertiary/aromatic N) is 2. The van der Waals surface area contributed by atoms with E-state index in [4.69, 9.17) is 5.73 Å². The fourth-order valence-corrected chi connectivity index (χ4v) is 2.65. The number of para-hydroxylation sites is 1. The van der Waals surface area contributed by atoms with E-state index >= 15 is 0 Å². The van der Waals surface area contributed by atoms with Gasteiger partial charge in [-0.25, -0.2) is 17.8 Å². The Labute approximate surface area is 130 Å². The lowest BCUT2D eigenvalue weighted by Crippen LogP contribution is -2.28. The van der Waals surface area contributed by atoms with E-state index in [0.717, 1.165) is 5.69 Å². The molecule has 2 aromatic rings. The van der Waals surface area contributed by atoms with E-state index in [1.54, 1.807) is 0 Å². The molecule has 1 atom stereocenters. The monoisotopic (exact) mass is 330 g/mol. The summed E-state index contributed by atoms with van der Waals surface area (Å²) in [6.07, 6.45) is 3.41. The Morgan fingerprint density at radius 2 is 2.00 bits per heavy atom. The first kappa shape index (κ1) is 17.6. The van der Waals surface area contributed by atoms with Crippen molar-refractivity contribution >= 4 is 22.4 Å². The van der Waals surface area contributed by atoms with Gasteiger partial charge >= 0.3 is 0 Å². The molecule has 0 saturated carbocycles. The molecule has 0 bridgehead atoms. The molecule has 0 aliphatic rings. The number of hydrogen-bond acceptors (Lipinski definition) is 4. The van der Waals surface area contributed by atoms with E-state index in [2.05, 4.69) is 9.82 Å². The molecule has 1 unspecified atom stereocenters. The van der Waals surface area contributed by atoms with Crippen LogP contribution in [0.25, 0.3) is 5.69 Å². The highest BCUT2D eigenvalue weighted by Gasteiger charge is 2.16. The number of hydrogen-bond donors (Lipinski definition) is 2. The van der Waals surface area contributed by atoms with Crippen molar-refractivity contribution in [3.63, 3.8) is 0 Å². The van der Waals surface area contributed by atoms with Gasteiger partial charge in [-0.15, -0.1) is 12.4 Å². The molecule has 0 aliphatic carbocycles. The van der Waals surface area contributed by atoms with Crippen molar-refractivity contribution in [1.29, 1.82) is 0 Å². The first-order valence-corrected chi connectivity index (χ1v) is 7.83. The van der Waals surface area contributed by atoms with Crippen molar-refractivity contribution < 1.29 is 8.42 Å². The number of nitrogens with two attached hydrogens (primary N) is 1. The molecule has 1 aromatic carbocycles. The first-order chi connectivity index (χ1) is 9.49. The number of nitrogens with one attached hydrogen (secondary N) is 1. The van der Waals surface area contributed by atoms with Gasteiger partial charge in [-0.05, 0) is 25.5 Å². The van der Waals surface area contributed by atoms with Crippen LogP contribution in [0.5, 0.6) is 0 Å². The zero-order valence-electron chi connectivity index (χ0n) is 11.6. The van der Waals surface area contributed by atoms with Crippen LogP contribution in [0.3, 0.4) is 0 Å². The van der Waals surface area contributed by atoms with E-state index < -0.39 is 10.0 Å². The van der Waals surface area contributed by atoms with Crippen molar-refractivity contribution in [2.45, 2.75) is 24.3 Å². The molecular formula is C13H19ClN4O2S. The van der Waals surface area contributed by atoms with Gasteiger partial charge in [0.15, 0.2) is 0 Å². The van der Waals surface area contributed by atoms with Crippen molar-refractivity contribution in [3.8, 4) is 5.69 Å². The van der Waals surface area contributed by atoms with Crippen LogP contribution in [0, 0.1) is 0 Å². The molecule has 21 heavy (non-hydrogen) atoms. The minimum Gasteiger partial charge on any atom is -0.328 e. The fraction of sp³-hybridized carbons (Fsp3) is 0.308. The SMILES string of the molecule is CC(N)CCNS(=O)(=O)c1cnn(-c2ccccc2)c1.Cl. The summed E-state index contributed by atoms with van der Waals surface area (Å²) < 4.78 is 28.1. The van der Waals surface area contributed by atoms with E-state index in [1.807, 2.05) is 37.3 Å². The summed E-state index contributed by atoms with van der Waals surface area (Å²) in [4.78, 5) is 0.144. The van der Waals surface area contributed by atoms with Crippen LogP contribution >= 0.6 is 12.4 Å². The standard InChI is InChI=1S/C13H18N4O2S.ClH/c1-11(14)7-8-16-20(18,19)13-9-15-17(10-13)12-5-3-2-4-6-12;/h2-6,9-11,16H,7-8,14H2,1H3;1H. The minimum absolute atomic E-state index is 0. The quantitative estimate of drug-likeness (QED) is 0.835. The predicted molar refractivity (Wildman–Crippen MR) is 84.3 cm³/mol. The molecule has 1 heterocycles. The van der Waals surface area contributed by atoms with Gasteiger partial charge in [-0.2, -0.15) is 5.10 Å². The molecule has 0 radical (unpaired) electrons. The number of rotatable bonds is 6. The molecule has 6 nitrogen and oxygen atoms in total. The largest absolute Gasteiger partial charge is 0.328 e. The molecule has 116 valence electrons. The summed E-state index contributed by atoms with van der Waals surface area (Å²) in [5.74, 6) is 0. The van der Waals surface area contributed by atoms with E-state index in [-0.39, 0.29) is 23.3 Å². The maximum Gasteiger partial charge on any atom is 0.243 e. The number of benzene rings is 1. The average Bonchev–Trinajstić information content (AvgIpc) is 2.89. The van der Waals surface area contributed by atoms with Gasteiger partial charge in [0.2, 0.25) is 10.0 Å². The van der Waals surface area contributed by atoms with Crippen molar-refractivity contribution in [2.24, 2.45) is 5.73 Å². The third kappa shape index (κ3) is 4.82. The molecule has 1 aromatic heterocycles. The zero-order valence-corrected chi connectivity index (χ0v) is 13.3. The lowest BCUT2D eigenvalue weighted by molar-refractivity contribution is 0.572. The lowest BCUT2D eigenvalue weighted by Gasteiger charge is -2.06. The van der Waals surface area contributed by atoms with Gasteiger partial charge < -0.3 is 5.73 Å². The first-order valence-electron chi connectivity index (χ1n) is 6.34. The summed E-state index contributed by atoms with van der Waals surface area (Å²) in [6.45, 7) is 2.15. The summed E-state index contributed by atoms with van der Waals surface area (Å²) in [5.41, 5.74) is 6.40. The summed E-state index contributed by atoms with van der Waals surface area (Å²) in [6, 6.07) is 9.29. The Bertz CT molecular complexity index is 656. The van der Waals surface area contributed by atoms with Crippen LogP contribution in [0.4, 0.5) is 0 Å². The van der Waals surface area contributed by atoms with Gasteiger partial charge in [0.05, 0.1) is 18.1 Å².